The zero-order valence-electron chi connectivity index (χ0n) is 6.61. The second-order valence-corrected chi connectivity index (χ2v) is 6.09. The molecular formula is C8H11O2P. The van der Waals surface area contributed by atoms with Crippen LogP contribution in [0.4, 0.5) is 0 Å². The van der Waals surface area contributed by atoms with Crippen LogP contribution in [-0.2, 0) is 4.57 Å². The van der Waals surface area contributed by atoms with E-state index in [4.69, 9.17) is 5.11 Å². The first kappa shape index (κ1) is 8.35. The Labute approximate surface area is 66.2 Å². The molecule has 0 amide bonds. The second-order valence-electron chi connectivity index (χ2n) is 2.87. The highest BCUT2D eigenvalue weighted by atomic mass is 31.2. The van der Waals surface area contributed by atoms with Gasteiger partial charge in [0.15, 0.2) is 0 Å². The average molecular weight is 170 g/mol. The quantitative estimate of drug-likeness (QED) is 0.650. The monoisotopic (exact) mass is 170 g/mol. The number of rotatable bonds is 1. The fourth-order valence-electron chi connectivity index (χ4n) is 0.812. The van der Waals surface area contributed by atoms with Gasteiger partial charge in [0.2, 0.25) is 0 Å². The molecule has 11 heavy (non-hydrogen) atoms. The lowest BCUT2D eigenvalue weighted by Gasteiger charge is -2.05. The summed E-state index contributed by atoms with van der Waals surface area (Å²) in [6.45, 7) is 3.42. The molecule has 0 aliphatic carbocycles. The Morgan fingerprint density at radius 1 is 1.18 bits per heavy atom. The van der Waals surface area contributed by atoms with Crippen molar-refractivity contribution in [3.05, 3.63) is 24.3 Å². The highest BCUT2D eigenvalue weighted by Gasteiger charge is 2.09. The Morgan fingerprint density at radius 2 is 1.64 bits per heavy atom. The molecule has 1 aromatic rings. The van der Waals surface area contributed by atoms with E-state index in [2.05, 4.69) is 0 Å². The van der Waals surface area contributed by atoms with E-state index >= 15 is 0 Å². The van der Waals surface area contributed by atoms with E-state index in [1.54, 1.807) is 37.6 Å². The van der Waals surface area contributed by atoms with E-state index in [1.165, 1.54) is 0 Å². The summed E-state index contributed by atoms with van der Waals surface area (Å²) in [6.07, 6.45) is 0. The largest absolute Gasteiger partial charge is 0.508 e. The van der Waals surface area contributed by atoms with Gasteiger partial charge in [-0.25, -0.2) is 0 Å². The molecule has 0 aliphatic heterocycles. The van der Waals surface area contributed by atoms with E-state index in [1.807, 2.05) is 0 Å². The molecule has 60 valence electrons. The van der Waals surface area contributed by atoms with Gasteiger partial charge in [-0.3, -0.25) is 0 Å². The average Bonchev–Trinajstić information content (AvgIpc) is 1.86. The molecule has 0 saturated carbocycles. The van der Waals surface area contributed by atoms with Gasteiger partial charge in [-0.2, -0.15) is 0 Å². The second kappa shape index (κ2) is 2.71. The lowest BCUT2D eigenvalue weighted by atomic mass is 10.3. The minimum Gasteiger partial charge on any atom is -0.508 e. The third-order valence-electron chi connectivity index (χ3n) is 1.47. The van der Waals surface area contributed by atoms with Crippen molar-refractivity contribution in [2.45, 2.75) is 0 Å². The molecule has 1 aromatic carbocycles. The van der Waals surface area contributed by atoms with Crippen LogP contribution < -0.4 is 5.30 Å². The molecule has 1 rings (SSSR count). The maximum absolute atomic E-state index is 11.4. The maximum atomic E-state index is 11.4. The van der Waals surface area contributed by atoms with Crippen molar-refractivity contribution in [1.82, 2.24) is 0 Å². The summed E-state index contributed by atoms with van der Waals surface area (Å²) in [5.74, 6) is 0.210. The van der Waals surface area contributed by atoms with Crippen molar-refractivity contribution in [1.29, 1.82) is 0 Å². The van der Waals surface area contributed by atoms with Gasteiger partial charge in [0.1, 0.15) is 12.9 Å². The molecule has 0 aromatic heterocycles. The van der Waals surface area contributed by atoms with E-state index in [9.17, 15) is 4.57 Å². The predicted octanol–water partition coefficient (Wildman–Crippen LogP) is 1.64. The van der Waals surface area contributed by atoms with Crippen LogP contribution in [0, 0.1) is 0 Å². The molecule has 0 heterocycles. The fraction of sp³-hybridized carbons (Fsp3) is 0.250. The minimum atomic E-state index is -2.15. The van der Waals surface area contributed by atoms with Crippen LogP contribution in [0.15, 0.2) is 24.3 Å². The summed E-state index contributed by atoms with van der Waals surface area (Å²) in [5.41, 5.74) is 0. The minimum absolute atomic E-state index is 0.210. The molecule has 0 spiro atoms. The first-order valence-corrected chi connectivity index (χ1v) is 5.95. The van der Waals surface area contributed by atoms with Crippen molar-refractivity contribution >= 4 is 12.4 Å². The van der Waals surface area contributed by atoms with Crippen molar-refractivity contribution in [3.63, 3.8) is 0 Å². The smallest absolute Gasteiger partial charge is 0.115 e. The molecule has 0 bridgehead atoms. The van der Waals surface area contributed by atoms with E-state index in [-0.39, 0.29) is 5.75 Å². The summed E-state index contributed by atoms with van der Waals surface area (Å²) >= 11 is 0. The molecule has 1 N–H and O–H groups in total. The summed E-state index contributed by atoms with van der Waals surface area (Å²) < 4.78 is 11.4. The molecule has 0 radical (unpaired) electrons. The van der Waals surface area contributed by atoms with Crippen LogP contribution in [-0.4, -0.2) is 18.4 Å². The number of hydrogen-bond acceptors (Lipinski definition) is 2. The van der Waals surface area contributed by atoms with Gasteiger partial charge < -0.3 is 9.67 Å². The molecule has 3 heteroatoms. The van der Waals surface area contributed by atoms with E-state index in [0.717, 1.165) is 5.30 Å². The van der Waals surface area contributed by atoms with Crippen LogP contribution in [0.3, 0.4) is 0 Å². The Morgan fingerprint density at radius 3 is 2.00 bits per heavy atom. The Hall–Kier alpha value is -0.750. The van der Waals surface area contributed by atoms with Crippen LogP contribution in [0.2, 0.25) is 0 Å². The van der Waals surface area contributed by atoms with Crippen molar-refractivity contribution < 1.29 is 9.67 Å². The van der Waals surface area contributed by atoms with Crippen molar-refractivity contribution in [2.24, 2.45) is 0 Å². The van der Waals surface area contributed by atoms with Crippen LogP contribution in [0.5, 0.6) is 5.75 Å². The number of hydrogen-bond donors (Lipinski definition) is 1. The lowest BCUT2D eigenvalue weighted by Crippen LogP contribution is -2.00. The van der Waals surface area contributed by atoms with Gasteiger partial charge in [0.25, 0.3) is 0 Å². The van der Waals surface area contributed by atoms with Gasteiger partial charge in [-0.05, 0) is 37.6 Å². The van der Waals surface area contributed by atoms with Gasteiger partial charge in [-0.15, -0.1) is 0 Å². The van der Waals surface area contributed by atoms with Gasteiger partial charge >= 0.3 is 0 Å². The Bertz CT molecular complexity index is 283. The highest BCUT2D eigenvalue weighted by Crippen LogP contribution is 2.34. The topological polar surface area (TPSA) is 37.3 Å². The van der Waals surface area contributed by atoms with Crippen molar-refractivity contribution in [2.75, 3.05) is 13.3 Å². The summed E-state index contributed by atoms with van der Waals surface area (Å²) in [4.78, 5) is 0. The van der Waals surface area contributed by atoms with Crippen LogP contribution >= 0.6 is 7.14 Å². The summed E-state index contributed by atoms with van der Waals surface area (Å²) in [5, 5.41) is 9.73. The number of aromatic hydroxyl groups is 1. The van der Waals surface area contributed by atoms with Crippen LogP contribution in [0.1, 0.15) is 0 Å². The number of benzene rings is 1. The number of phenols is 1. The third-order valence-corrected chi connectivity index (χ3v) is 3.01. The SMILES string of the molecule is CP(C)(=O)c1ccc(O)cc1. The van der Waals surface area contributed by atoms with Crippen LogP contribution in [0.25, 0.3) is 0 Å². The highest BCUT2D eigenvalue weighted by molar-refractivity contribution is 7.70. The van der Waals surface area contributed by atoms with Gasteiger partial charge in [0.05, 0.1) is 0 Å². The molecule has 0 atom stereocenters. The van der Waals surface area contributed by atoms with E-state index < -0.39 is 7.14 Å². The van der Waals surface area contributed by atoms with Gasteiger partial charge in [-0.1, -0.05) is 0 Å². The first-order valence-electron chi connectivity index (χ1n) is 3.35. The zero-order valence-corrected chi connectivity index (χ0v) is 7.51. The third kappa shape index (κ3) is 2.09. The fourth-order valence-corrected chi connectivity index (χ4v) is 1.68. The van der Waals surface area contributed by atoms with Gasteiger partial charge in [0, 0.05) is 5.30 Å². The molecule has 0 aliphatic rings. The molecule has 2 nitrogen and oxygen atoms in total. The summed E-state index contributed by atoms with van der Waals surface area (Å²) in [7, 11) is -2.15. The number of phenolic OH excluding ortho intramolecular Hbond substituents is 1. The molecule has 0 saturated heterocycles. The molecule has 0 unspecified atom stereocenters. The van der Waals surface area contributed by atoms with E-state index in [0.29, 0.717) is 0 Å². The first-order chi connectivity index (χ1) is 5.00. The zero-order chi connectivity index (χ0) is 8.48. The predicted molar refractivity (Wildman–Crippen MR) is 47.2 cm³/mol. The van der Waals surface area contributed by atoms with Crippen molar-refractivity contribution in [3.8, 4) is 5.75 Å². The Kier molecular flexibility index (Phi) is 2.05. The molecular weight excluding hydrogens is 159 g/mol. The maximum Gasteiger partial charge on any atom is 0.115 e. The normalized spacial score (nSPS) is 11.5. The molecule has 0 fully saturated rings. The standard InChI is InChI=1S/C8H11O2P/c1-11(2,10)8-5-3-7(9)4-6-8/h3-6,9H,1-2H3. The summed E-state index contributed by atoms with van der Waals surface area (Å²) in [6, 6.07) is 6.48. The Balaban J connectivity index is 3.09. The lowest BCUT2D eigenvalue weighted by molar-refractivity contribution is 0.475.